The van der Waals surface area contributed by atoms with Gasteiger partial charge < -0.3 is 5.32 Å². The molecular weight excluding hydrogens is 557 g/mol. The highest BCUT2D eigenvalue weighted by Gasteiger charge is 2.52. The first kappa shape index (κ1) is 29.4. The van der Waals surface area contributed by atoms with Gasteiger partial charge in [-0.25, -0.2) is 13.8 Å². The van der Waals surface area contributed by atoms with E-state index in [-0.39, 0.29) is 18.2 Å². The van der Waals surface area contributed by atoms with E-state index >= 15 is 0 Å². The molecule has 5 nitrogen and oxygen atoms in total. The molecule has 0 bridgehead atoms. The molecule has 0 aliphatic carbocycles. The number of benzene rings is 1. The van der Waals surface area contributed by atoms with Gasteiger partial charge in [-0.2, -0.15) is 31.4 Å². The maximum atomic E-state index is 14.0. The third kappa shape index (κ3) is 5.98. The summed E-state index contributed by atoms with van der Waals surface area (Å²) in [7, 11) is 0. The molecule has 2 aliphatic rings. The summed E-state index contributed by atoms with van der Waals surface area (Å²) >= 11 is 12.3. The number of nitrogens with one attached hydrogen (secondary N) is 2. The zero-order valence-corrected chi connectivity index (χ0v) is 21.1. The molecule has 0 amide bonds. The Morgan fingerprint density at radius 2 is 1.65 bits per heavy atom. The molecule has 0 radical (unpaired) electrons. The number of allylic oxidation sites excluding steroid dienone is 1. The Balaban J connectivity index is 2.25. The lowest BCUT2D eigenvalue weighted by Crippen LogP contribution is -2.47. The summed E-state index contributed by atoms with van der Waals surface area (Å²) in [6.45, 7) is 3.72. The Bertz CT molecular complexity index is 1080. The third-order valence-corrected chi connectivity index (χ3v) is 6.66. The highest BCUT2D eigenvalue weighted by atomic mass is 35.5. The Morgan fingerprint density at radius 1 is 1.05 bits per heavy atom. The van der Waals surface area contributed by atoms with Gasteiger partial charge in [-0.15, -0.1) is 0 Å². The van der Waals surface area contributed by atoms with E-state index in [1.807, 2.05) is 13.8 Å². The van der Waals surface area contributed by atoms with Crippen LogP contribution in [-0.2, 0) is 6.18 Å². The van der Waals surface area contributed by atoms with Gasteiger partial charge in [0.05, 0.1) is 26.9 Å². The zero-order valence-electron chi connectivity index (χ0n) is 19.5. The lowest BCUT2D eigenvalue weighted by Gasteiger charge is -2.35. The van der Waals surface area contributed by atoms with Gasteiger partial charge in [0.25, 0.3) is 6.43 Å². The molecule has 0 aromatic heterocycles. The van der Waals surface area contributed by atoms with Gasteiger partial charge in [0.15, 0.2) is 12.0 Å². The first-order valence-electron chi connectivity index (χ1n) is 11.3. The number of rotatable bonds is 8. The quantitative estimate of drug-likeness (QED) is 0.311. The average Bonchev–Trinajstić information content (AvgIpc) is 3.05. The summed E-state index contributed by atoms with van der Waals surface area (Å²) in [6, 6.07) is 1.07. The molecule has 206 valence electrons. The van der Waals surface area contributed by atoms with Gasteiger partial charge in [0.2, 0.25) is 0 Å². The number of hydrazine groups is 1. The summed E-state index contributed by atoms with van der Waals surface area (Å²) in [5, 5.41) is 11.0. The molecule has 15 heteroatoms. The van der Waals surface area contributed by atoms with E-state index < -0.39 is 63.5 Å². The summed E-state index contributed by atoms with van der Waals surface area (Å²) in [5.74, 6) is -2.27. The van der Waals surface area contributed by atoms with Crippen molar-refractivity contribution in [3.05, 3.63) is 39.0 Å². The lowest BCUT2D eigenvalue weighted by atomic mass is 9.98. The van der Waals surface area contributed by atoms with Crippen LogP contribution in [0.3, 0.4) is 0 Å². The molecule has 1 saturated heterocycles. The van der Waals surface area contributed by atoms with Crippen LogP contribution in [0.2, 0.25) is 10.0 Å². The molecule has 1 fully saturated rings. The van der Waals surface area contributed by atoms with Crippen molar-refractivity contribution in [1.29, 1.82) is 5.41 Å². The Hall–Kier alpha value is -2.12. The number of alkyl halides is 8. The highest BCUT2D eigenvalue weighted by molar-refractivity contribution is 6.40. The Labute approximate surface area is 217 Å². The van der Waals surface area contributed by atoms with Crippen molar-refractivity contribution in [2.75, 3.05) is 11.6 Å². The zero-order chi connectivity index (χ0) is 27.9. The van der Waals surface area contributed by atoms with Crippen molar-refractivity contribution in [1.82, 2.24) is 10.3 Å². The van der Waals surface area contributed by atoms with Crippen LogP contribution in [0.1, 0.15) is 45.1 Å². The lowest BCUT2D eigenvalue weighted by molar-refractivity contribution is -0.137. The number of aliphatic imine (C=N–C) groups is 1. The number of fused-ring (bicyclic) bond motifs is 1. The average molecular weight is 580 g/mol. The maximum absolute atomic E-state index is 14.0. The normalized spacial score (nSPS) is 19.9. The standard InChI is InChI=1S/C22H23Cl2F8N5/c1-3-5-6-10(4-2)9-36-20-14(16(22(30,31)32)34-19(35-20)17(25)26)18(33)37(36)15-12(23)7-11(8-13(15)24)21(27,28)29/h7-8,10,17,20,33H,3-6,9H2,1-2H3,(H,34,35). The van der Waals surface area contributed by atoms with Crippen molar-refractivity contribution in [3.8, 4) is 0 Å². The molecule has 3 rings (SSSR count). The van der Waals surface area contributed by atoms with Crippen LogP contribution in [0.25, 0.3) is 0 Å². The second-order valence-corrected chi connectivity index (χ2v) is 9.40. The molecule has 2 N–H and O–H groups in total. The third-order valence-electron chi connectivity index (χ3n) is 6.08. The van der Waals surface area contributed by atoms with Gasteiger partial charge in [0.1, 0.15) is 11.5 Å². The van der Waals surface area contributed by atoms with Crippen molar-refractivity contribution < 1.29 is 35.1 Å². The summed E-state index contributed by atoms with van der Waals surface area (Å²) in [6.07, 6.45) is -12.3. The largest absolute Gasteiger partial charge is 0.431 e. The minimum absolute atomic E-state index is 0.0497. The molecule has 0 spiro atoms. The highest BCUT2D eigenvalue weighted by Crippen LogP contribution is 2.46. The van der Waals surface area contributed by atoms with Crippen molar-refractivity contribution in [2.45, 2.75) is 64.5 Å². The first-order chi connectivity index (χ1) is 17.1. The number of amidine groups is 2. The van der Waals surface area contributed by atoms with Crippen LogP contribution < -0.4 is 10.3 Å². The molecule has 2 aliphatic heterocycles. The van der Waals surface area contributed by atoms with Crippen LogP contribution in [0.15, 0.2) is 28.4 Å². The van der Waals surface area contributed by atoms with Crippen LogP contribution in [-0.4, -0.2) is 42.0 Å². The number of nitrogens with zero attached hydrogens (tertiary/aromatic N) is 3. The van der Waals surface area contributed by atoms with Gasteiger partial charge in [-0.3, -0.25) is 10.4 Å². The van der Waals surface area contributed by atoms with E-state index in [1.54, 1.807) is 5.32 Å². The van der Waals surface area contributed by atoms with Crippen LogP contribution >= 0.6 is 23.2 Å². The molecule has 1 aromatic rings. The molecule has 0 saturated carbocycles. The molecule has 2 atom stereocenters. The smallest absolute Gasteiger partial charge is 0.335 e. The molecular formula is C22H23Cl2F8N5. The predicted octanol–water partition coefficient (Wildman–Crippen LogP) is 7.65. The molecule has 37 heavy (non-hydrogen) atoms. The second-order valence-electron chi connectivity index (χ2n) is 8.59. The number of hydrogen-bond acceptors (Lipinski definition) is 4. The SMILES string of the molecule is CCCCC(CC)CN1C2N=C(C(F)F)NC(C(F)(F)F)=C2C(=N)N1c1c(Cl)cc(C(F)(F)F)cc1Cl. The molecule has 2 heterocycles. The fourth-order valence-corrected chi connectivity index (χ4v) is 4.88. The van der Waals surface area contributed by atoms with Crippen LogP contribution in [0, 0.1) is 11.3 Å². The molecule has 1 aromatic carbocycles. The van der Waals surface area contributed by atoms with Gasteiger partial charge in [-0.1, -0.05) is 56.3 Å². The summed E-state index contributed by atoms with van der Waals surface area (Å²) in [4.78, 5) is 3.77. The number of unbranched alkanes of at least 4 members (excludes halogenated alkanes) is 1. The first-order valence-corrected chi connectivity index (χ1v) is 12.0. The van der Waals surface area contributed by atoms with E-state index in [4.69, 9.17) is 28.6 Å². The minimum atomic E-state index is -5.17. The van der Waals surface area contributed by atoms with Crippen molar-refractivity contribution >= 4 is 40.6 Å². The van der Waals surface area contributed by atoms with E-state index in [1.165, 1.54) is 0 Å². The topological polar surface area (TPSA) is 54.7 Å². The van der Waals surface area contributed by atoms with Gasteiger partial charge in [-0.05, 0) is 24.5 Å². The maximum Gasteiger partial charge on any atom is 0.431 e. The fraction of sp³-hybridized carbons (Fsp3) is 0.545. The number of halogens is 10. The van der Waals surface area contributed by atoms with Crippen molar-refractivity contribution in [3.63, 3.8) is 0 Å². The van der Waals surface area contributed by atoms with Crippen LogP contribution in [0.4, 0.5) is 40.8 Å². The predicted molar refractivity (Wildman–Crippen MR) is 125 cm³/mol. The minimum Gasteiger partial charge on any atom is -0.335 e. The summed E-state index contributed by atoms with van der Waals surface area (Å²) < 4.78 is 109. The fourth-order valence-electron chi connectivity index (χ4n) is 4.23. The number of anilines is 1. The van der Waals surface area contributed by atoms with E-state index in [0.717, 1.165) is 22.9 Å². The van der Waals surface area contributed by atoms with Gasteiger partial charge >= 0.3 is 12.4 Å². The molecule has 2 unspecified atom stereocenters. The summed E-state index contributed by atoms with van der Waals surface area (Å²) in [5.41, 5.74) is -3.97. The van der Waals surface area contributed by atoms with Crippen LogP contribution in [0.5, 0.6) is 0 Å². The van der Waals surface area contributed by atoms with E-state index in [2.05, 4.69) is 4.99 Å². The van der Waals surface area contributed by atoms with Gasteiger partial charge in [0, 0.05) is 6.54 Å². The number of hydrogen-bond donors (Lipinski definition) is 2. The second kappa shape index (κ2) is 10.9. The monoisotopic (exact) mass is 579 g/mol. The van der Waals surface area contributed by atoms with E-state index in [9.17, 15) is 35.1 Å². The Morgan fingerprint density at radius 3 is 2.11 bits per heavy atom. The van der Waals surface area contributed by atoms with Crippen molar-refractivity contribution in [2.24, 2.45) is 10.9 Å². The van der Waals surface area contributed by atoms with E-state index in [0.29, 0.717) is 25.0 Å². The Kier molecular flexibility index (Phi) is 8.70.